The first-order chi connectivity index (χ1) is 11.2. The SMILES string of the molecule is COc1cc(C(=O)N2CCC[C@@H]2c2ccc[nH]2)cc(Cl)c1OC. The second-order valence-corrected chi connectivity index (χ2v) is 5.88. The van der Waals surface area contributed by atoms with Gasteiger partial charge < -0.3 is 19.4 Å². The summed E-state index contributed by atoms with van der Waals surface area (Å²) in [6, 6.07) is 7.35. The number of likely N-dealkylation sites (tertiary alicyclic amines) is 1. The maximum absolute atomic E-state index is 12.9. The highest BCUT2D eigenvalue weighted by Crippen LogP contribution is 2.38. The first-order valence-corrected chi connectivity index (χ1v) is 7.89. The van der Waals surface area contributed by atoms with E-state index in [1.165, 1.54) is 14.2 Å². The summed E-state index contributed by atoms with van der Waals surface area (Å²) in [6.45, 7) is 0.731. The van der Waals surface area contributed by atoms with Crippen molar-refractivity contribution >= 4 is 17.5 Å². The van der Waals surface area contributed by atoms with Gasteiger partial charge in [-0.1, -0.05) is 11.6 Å². The first kappa shape index (κ1) is 15.7. The average Bonchev–Trinajstić information content (AvgIpc) is 3.23. The van der Waals surface area contributed by atoms with E-state index in [4.69, 9.17) is 21.1 Å². The van der Waals surface area contributed by atoms with Crippen LogP contribution >= 0.6 is 11.6 Å². The fourth-order valence-corrected chi connectivity index (χ4v) is 3.38. The molecule has 1 aromatic carbocycles. The summed E-state index contributed by atoms with van der Waals surface area (Å²) in [7, 11) is 3.05. The minimum Gasteiger partial charge on any atom is -0.493 e. The number of methoxy groups -OCH3 is 2. The van der Waals surface area contributed by atoms with Crippen LogP contribution in [-0.2, 0) is 0 Å². The van der Waals surface area contributed by atoms with Gasteiger partial charge in [0.25, 0.3) is 5.91 Å². The van der Waals surface area contributed by atoms with Crippen molar-refractivity contribution in [1.29, 1.82) is 0 Å². The molecule has 1 aliphatic rings. The second kappa shape index (κ2) is 6.54. The van der Waals surface area contributed by atoms with Crippen LogP contribution in [0.4, 0.5) is 0 Å². The van der Waals surface area contributed by atoms with Crippen LogP contribution in [0, 0.1) is 0 Å². The van der Waals surface area contributed by atoms with Gasteiger partial charge in [0.15, 0.2) is 11.5 Å². The maximum Gasteiger partial charge on any atom is 0.254 e. The Labute approximate surface area is 140 Å². The molecule has 2 aromatic rings. The van der Waals surface area contributed by atoms with Crippen molar-refractivity contribution in [2.75, 3.05) is 20.8 Å². The molecule has 1 saturated heterocycles. The zero-order chi connectivity index (χ0) is 16.4. The second-order valence-electron chi connectivity index (χ2n) is 5.48. The van der Waals surface area contributed by atoms with E-state index in [0.29, 0.717) is 22.1 Å². The molecule has 1 aliphatic heterocycles. The molecule has 0 bridgehead atoms. The van der Waals surface area contributed by atoms with Gasteiger partial charge in [-0.05, 0) is 37.1 Å². The quantitative estimate of drug-likeness (QED) is 0.928. The van der Waals surface area contributed by atoms with Crippen molar-refractivity contribution in [3.8, 4) is 11.5 Å². The highest BCUT2D eigenvalue weighted by Gasteiger charge is 2.31. The molecule has 23 heavy (non-hydrogen) atoms. The lowest BCUT2D eigenvalue weighted by molar-refractivity contribution is 0.0733. The molecule has 0 radical (unpaired) electrons. The van der Waals surface area contributed by atoms with E-state index in [1.807, 2.05) is 23.2 Å². The minimum atomic E-state index is -0.0510. The largest absolute Gasteiger partial charge is 0.493 e. The molecular formula is C17H19ClN2O3. The Morgan fingerprint density at radius 2 is 2.17 bits per heavy atom. The Bertz CT molecular complexity index is 700. The molecule has 2 heterocycles. The van der Waals surface area contributed by atoms with Crippen molar-refractivity contribution in [3.05, 3.63) is 46.7 Å². The number of nitrogens with one attached hydrogen (secondary N) is 1. The molecule has 1 fully saturated rings. The van der Waals surface area contributed by atoms with Crippen LogP contribution in [0.3, 0.4) is 0 Å². The third kappa shape index (κ3) is 2.88. The number of rotatable bonds is 4. The van der Waals surface area contributed by atoms with Gasteiger partial charge in [0.1, 0.15) is 0 Å². The number of nitrogens with zero attached hydrogens (tertiary/aromatic N) is 1. The molecule has 1 amide bonds. The number of aromatic nitrogens is 1. The fraction of sp³-hybridized carbons (Fsp3) is 0.353. The Morgan fingerprint density at radius 3 is 2.83 bits per heavy atom. The summed E-state index contributed by atoms with van der Waals surface area (Å²) in [5.41, 5.74) is 1.56. The molecule has 1 N–H and O–H groups in total. The molecule has 5 nitrogen and oxygen atoms in total. The summed E-state index contributed by atoms with van der Waals surface area (Å²) in [5, 5.41) is 0.367. The van der Waals surface area contributed by atoms with Gasteiger partial charge in [-0.2, -0.15) is 0 Å². The summed E-state index contributed by atoms with van der Waals surface area (Å²) in [6.07, 6.45) is 3.81. The topological polar surface area (TPSA) is 54.6 Å². The van der Waals surface area contributed by atoms with E-state index in [1.54, 1.807) is 12.1 Å². The van der Waals surface area contributed by atoms with Crippen molar-refractivity contribution in [3.63, 3.8) is 0 Å². The van der Waals surface area contributed by atoms with Crippen molar-refractivity contribution < 1.29 is 14.3 Å². The normalized spacial score (nSPS) is 17.3. The number of aromatic amines is 1. The first-order valence-electron chi connectivity index (χ1n) is 7.51. The maximum atomic E-state index is 12.9. The number of halogens is 1. The highest BCUT2D eigenvalue weighted by atomic mass is 35.5. The zero-order valence-corrected chi connectivity index (χ0v) is 13.9. The molecule has 0 saturated carbocycles. The Kier molecular flexibility index (Phi) is 4.48. The number of hydrogen-bond donors (Lipinski definition) is 1. The van der Waals surface area contributed by atoms with Gasteiger partial charge in [0.2, 0.25) is 0 Å². The van der Waals surface area contributed by atoms with Crippen LogP contribution in [0.5, 0.6) is 11.5 Å². The Balaban J connectivity index is 1.92. The summed E-state index contributed by atoms with van der Waals surface area (Å²) >= 11 is 6.22. The van der Waals surface area contributed by atoms with Gasteiger partial charge in [0.05, 0.1) is 25.3 Å². The lowest BCUT2D eigenvalue weighted by Gasteiger charge is -2.24. The Hall–Kier alpha value is -2.14. The van der Waals surface area contributed by atoms with Crippen LogP contribution in [-0.4, -0.2) is 36.6 Å². The monoisotopic (exact) mass is 334 g/mol. The van der Waals surface area contributed by atoms with Crippen LogP contribution in [0.15, 0.2) is 30.5 Å². The lowest BCUT2D eigenvalue weighted by Crippen LogP contribution is -2.30. The third-order valence-corrected chi connectivity index (χ3v) is 4.46. The summed E-state index contributed by atoms with van der Waals surface area (Å²) < 4.78 is 10.5. The molecule has 0 unspecified atom stereocenters. The molecule has 1 aromatic heterocycles. The number of H-pyrrole nitrogens is 1. The van der Waals surface area contributed by atoms with Crippen molar-refractivity contribution in [2.24, 2.45) is 0 Å². The van der Waals surface area contributed by atoms with Gasteiger partial charge in [-0.15, -0.1) is 0 Å². The van der Waals surface area contributed by atoms with E-state index >= 15 is 0 Å². The van der Waals surface area contributed by atoms with Gasteiger partial charge >= 0.3 is 0 Å². The zero-order valence-electron chi connectivity index (χ0n) is 13.1. The Morgan fingerprint density at radius 1 is 1.35 bits per heavy atom. The molecule has 0 aliphatic carbocycles. The highest BCUT2D eigenvalue weighted by molar-refractivity contribution is 6.32. The molecule has 122 valence electrons. The number of hydrogen-bond acceptors (Lipinski definition) is 3. The number of carbonyl (C=O) groups is 1. The van der Waals surface area contributed by atoms with E-state index in [0.717, 1.165) is 25.1 Å². The molecule has 0 spiro atoms. The molecule has 6 heteroatoms. The number of ether oxygens (including phenoxy) is 2. The smallest absolute Gasteiger partial charge is 0.254 e. The van der Waals surface area contributed by atoms with E-state index in [2.05, 4.69) is 4.98 Å². The number of carbonyl (C=O) groups excluding carboxylic acids is 1. The molecular weight excluding hydrogens is 316 g/mol. The predicted molar refractivity (Wildman–Crippen MR) is 88.4 cm³/mol. The fourth-order valence-electron chi connectivity index (χ4n) is 3.09. The van der Waals surface area contributed by atoms with Gasteiger partial charge in [-0.25, -0.2) is 0 Å². The van der Waals surface area contributed by atoms with E-state index in [9.17, 15) is 4.79 Å². The summed E-state index contributed by atoms with van der Waals surface area (Å²) in [5.74, 6) is 0.844. The van der Waals surface area contributed by atoms with Crippen LogP contribution in [0.25, 0.3) is 0 Å². The van der Waals surface area contributed by atoms with Crippen LogP contribution in [0.2, 0.25) is 5.02 Å². The lowest BCUT2D eigenvalue weighted by atomic mass is 10.1. The van der Waals surface area contributed by atoms with Crippen LogP contribution in [0.1, 0.15) is 34.9 Å². The minimum absolute atomic E-state index is 0.0510. The summed E-state index contributed by atoms with van der Waals surface area (Å²) in [4.78, 5) is 18.0. The van der Waals surface area contributed by atoms with Gasteiger partial charge in [-0.3, -0.25) is 4.79 Å². The molecule has 1 atom stereocenters. The number of benzene rings is 1. The average molecular weight is 335 g/mol. The molecule has 3 rings (SSSR count). The van der Waals surface area contributed by atoms with E-state index < -0.39 is 0 Å². The standard InChI is InChI=1S/C17H19ClN2O3/c1-22-15-10-11(9-12(18)16(15)23-2)17(21)20-8-4-6-14(20)13-5-3-7-19-13/h3,5,7,9-10,14,19H,4,6,8H2,1-2H3/t14-/m1/s1. The van der Waals surface area contributed by atoms with E-state index in [-0.39, 0.29) is 11.9 Å². The predicted octanol–water partition coefficient (Wildman–Crippen LogP) is 3.66. The number of amides is 1. The van der Waals surface area contributed by atoms with Crippen molar-refractivity contribution in [1.82, 2.24) is 9.88 Å². The van der Waals surface area contributed by atoms with Crippen LogP contribution < -0.4 is 9.47 Å². The van der Waals surface area contributed by atoms with Crippen molar-refractivity contribution in [2.45, 2.75) is 18.9 Å². The third-order valence-electron chi connectivity index (χ3n) is 4.18. The van der Waals surface area contributed by atoms with Gasteiger partial charge in [0, 0.05) is 24.0 Å².